The topological polar surface area (TPSA) is 69.3 Å². The van der Waals surface area contributed by atoms with E-state index < -0.39 is 11.7 Å². The zero-order valence-electron chi connectivity index (χ0n) is 15.5. The molecule has 1 saturated carbocycles. The second kappa shape index (κ2) is 9.02. The standard InChI is InChI=1S/C18H33NO5/c1-18(2,3)24-17(20)19-14(10-13-8-6-5-7-9-13)16(15-11-22-15)23-12-21-4/h13-16H,5-12H2,1-4H3,(H,19,20)/t14-,15?,16+/m0/s1. The van der Waals surface area contributed by atoms with Gasteiger partial charge in [0.2, 0.25) is 0 Å². The van der Waals surface area contributed by atoms with Gasteiger partial charge in [0.15, 0.2) is 0 Å². The minimum atomic E-state index is -0.515. The minimum Gasteiger partial charge on any atom is -0.444 e. The van der Waals surface area contributed by atoms with Crippen LogP contribution in [-0.4, -0.2) is 50.5 Å². The predicted octanol–water partition coefficient (Wildman–Crippen LogP) is 3.24. The van der Waals surface area contributed by atoms with E-state index in [1.807, 2.05) is 20.8 Å². The molecule has 1 N–H and O–H groups in total. The molecule has 2 aliphatic rings. The van der Waals surface area contributed by atoms with Gasteiger partial charge in [-0.3, -0.25) is 0 Å². The van der Waals surface area contributed by atoms with Gasteiger partial charge < -0.3 is 24.3 Å². The summed E-state index contributed by atoms with van der Waals surface area (Å²) in [6.07, 6.45) is 6.63. The lowest BCUT2D eigenvalue weighted by Gasteiger charge is -2.32. The molecule has 0 aromatic rings. The zero-order valence-corrected chi connectivity index (χ0v) is 15.5. The van der Waals surface area contributed by atoms with Crippen molar-refractivity contribution < 1.29 is 23.7 Å². The van der Waals surface area contributed by atoms with Gasteiger partial charge in [-0.25, -0.2) is 4.79 Å². The molecule has 1 amide bonds. The lowest BCUT2D eigenvalue weighted by molar-refractivity contribution is -0.0940. The number of carbonyl (C=O) groups is 1. The summed E-state index contributed by atoms with van der Waals surface area (Å²) < 4.78 is 21.8. The molecule has 6 nitrogen and oxygen atoms in total. The molecule has 2 fully saturated rings. The van der Waals surface area contributed by atoms with Crippen LogP contribution in [0.5, 0.6) is 0 Å². The number of amides is 1. The summed E-state index contributed by atoms with van der Waals surface area (Å²) in [6.45, 7) is 6.47. The predicted molar refractivity (Wildman–Crippen MR) is 90.8 cm³/mol. The Labute approximate surface area is 145 Å². The molecular formula is C18H33NO5. The van der Waals surface area contributed by atoms with Crippen molar-refractivity contribution in [3.63, 3.8) is 0 Å². The number of ether oxygens (including phenoxy) is 4. The Bertz CT molecular complexity index is 385. The molecule has 0 radical (unpaired) electrons. The van der Waals surface area contributed by atoms with Gasteiger partial charge in [-0.15, -0.1) is 0 Å². The molecule has 0 aromatic heterocycles. The Morgan fingerprint density at radius 2 is 1.92 bits per heavy atom. The number of alkyl carbamates (subject to hydrolysis) is 1. The average molecular weight is 343 g/mol. The van der Waals surface area contributed by atoms with E-state index in [1.165, 1.54) is 32.1 Å². The number of methoxy groups -OCH3 is 1. The maximum atomic E-state index is 12.3. The molecule has 0 aromatic carbocycles. The molecule has 6 heteroatoms. The van der Waals surface area contributed by atoms with Gasteiger partial charge in [0.05, 0.1) is 12.6 Å². The molecule has 24 heavy (non-hydrogen) atoms. The Balaban J connectivity index is 1.99. The van der Waals surface area contributed by atoms with Gasteiger partial charge in [-0.2, -0.15) is 0 Å². The summed E-state index contributed by atoms with van der Waals surface area (Å²) in [5.41, 5.74) is -0.515. The zero-order chi connectivity index (χ0) is 17.6. The van der Waals surface area contributed by atoms with E-state index in [-0.39, 0.29) is 25.0 Å². The van der Waals surface area contributed by atoms with Crippen LogP contribution < -0.4 is 5.32 Å². The van der Waals surface area contributed by atoms with E-state index in [0.717, 1.165) is 6.42 Å². The Kier molecular flexibility index (Phi) is 7.32. The summed E-state index contributed by atoms with van der Waals surface area (Å²) >= 11 is 0. The van der Waals surface area contributed by atoms with Crippen LogP contribution >= 0.6 is 0 Å². The number of carbonyl (C=O) groups excluding carboxylic acids is 1. The number of hydrogen-bond donors (Lipinski definition) is 1. The van der Waals surface area contributed by atoms with Gasteiger partial charge in [0, 0.05) is 7.11 Å². The molecule has 0 bridgehead atoms. The number of hydrogen-bond acceptors (Lipinski definition) is 5. The molecule has 0 spiro atoms. The summed E-state index contributed by atoms with van der Waals surface area (Å²) in [5, 5.41) is 3.03. The van der Waals surface area contributed by atoms with Crippen LogP contribution in [-0.2, 0) is 18.9 Å². The highest BCUT2D eigenvalue weighted by molar-refractivity contribution is 5.68. The third-order valence-corrected chi connectivity index (χ3v) is 4.51. The largest absolute Gasteiger partial charge is 0.444 e. The first-order valence-corrected chi connectivity index (χ1v) is 9.10. The van der Waals surface area contributed by atoms with Crippen LogP contribution in [0, 0.1) is 5.92 Å². The lowest BCUT2D eigenvalue weighted by atomic mass is 9.83. The van der Waals surface area contributed by atoms with E-state index in [4.69, 9.17) is 18.9 Å². The van der Waals surface area contributed by atoms with Crippen molar-refractivity contribution >= 4 is 6.09 Å². The third kappa shape index (κ3) is 6.95. The van der Waals surface area contributed by atoms with Crippen LogP contribution in [0.2, 0.25) is 0 Å². The normalized spacial score (nSPS) is 24.2. The third-order valence-electron chi connectivity index (χ3n) is 4.51. The molecule has 1 saturated heterocycles. The van der Waals surface area contributed by atoms with E-state index in [0.29, 0.717) is 12.5 Å². The van der Waals surface area contributed by atoms with Crippen molar-refractivity contribution in [2.75, 3.05) is 20.5 Å². The quantitative estimate of drug-likeness (QED) is 0.541. The first-order chi connectivity index (χ1) is 11.4. The summed E-state index contributed by atoms with van der Waals surface area (Å²) in [5.74, 6) is 0.617. The van der Waals surface area contributed by atoms with Crippen molar-refractivity contribution in [3.8, 4) is 0 Å². The number of nitrogens with one attached hydrogen (secondary N) is 1. The second-order valence-electron chi connectivity index (χ2n) is 7.90. The van der Waals surface area contributed by atoms with Crippen molar-refractivity contribution in [1.82, 2.24) is 5.32 Å². The van der Waals surface area contributed by atoms with Gasteiger partial charge in [-0.1, -0.05) is 32.1 Å². The summed E-state index contributed by atoms with van der Waals surface area (Å²) in [6, 6.07) is -0.120. The SMILES string of the molecule is COCO[C@@H](C1CO1)[C@H](CC1CCCCC1)NC(=O)OC(C)(C)C. The van der Waals surface area contributed by atoms with Gasteiger partial charge >= 0.3 is 6.09 Å². The summed E-state index contributed by atoms with van der Waals surface area (Å²) in [7, 11) is 1.60. The van der Waals surface area contributed by atoms with E-state index >= 15 is 0 Å². The van der Waals surface area contributed by atoms with E-state index in [2.05, 4.69) is 5.32 Å². The number of rotatable bonds is 8. The lowest BCUT2D eigenvalue weighted by Crippen LogP contribution is -2.49. The Morgan fingerprint density at radius 1 is 1.25 bits per heavy atom. The van der Waals surface area contributed by atoms with Crippen LogP contribution in [0.1, 0.15) is 59.3 Å². The van der Waals surface area contributed by atoms with E-state index in [9.17, 15) is 4.79 Å². The highest BCUT2D eigenvalue weighted by atomic mass is 16.7. The van der Waals surface area contributed by atoms with E-state index in [1.54, 1.807) is 7.11 Å². The van der Waals surface area contributed by atoms with Gasteiger partial charge in [0.25, 0.3) is 0 Å². The Hall–Kier alpha value is -0.850. The van der Waals surface area contributed by atoms with Gasteiger partial charge in [0.1, 0.15) is 24.6 Å². The fraction of sp³-hybridized carbons (Fsp3) is 0.944. The molecule has 3 atom stereocenters. The monoisotopic (exact) mass is 343 g/mol. The average Bonchev–Trinajstić information content (AvgIpc) is 3.31. The Morgan fingerprint density at radius 3 is 2.46 bits per heavy atom. The highest BCUT2D eigenvalue weighted by Gasteiger charge is 2.41. The van der Waals surface area contributed by atoms with Crippen LogP contribution in [0.15, 0.2) is 0 Å². The minimum absolute atomic E-state index is 0.0312. The maximum absolute atomic E-state index is 12.3. The van der Waals surface area contributed by atoms with Gasteiger partial charge in [-0.05, 0) is 33.1 Å². The first kappa shape index (κ1) is 19.5. The molecule has 2 rings (SSSR count). The van der Waals surface area contributed by atoms with Crippen LogP contribution in [0.4, 0.5) is 4.79 Å². The van der Waals surface area contributed by atoms with Crippen molar-refractivity contribution in [1.29, 1.82) is 0 Å². The molecule has 1 unspecified atom stereocenters. The highest BCUT2D eigenvalue weighted by Crippen LogP contribution is 2.31. The second-order valence-corrected chi connectivity index (χ2v) is 7.90. The summed E-state index contributed by atoms with van der Waals surface area (Å²) in [4.78, 5) is 12.3. The molecular weight excluding hydrogens is 310 g/mol. The van der Waals surface area contributed by atoms with Crippen LogP contribution in [0.3, 0.4) is 0 Å². The van der Waals surface area contributed by atoms with Crippen molar-refractivity contribution in [2.24, 2.45) is 5.92 Å². The molecule has 1 aliphatic heterocycles. The fourth-order valence-corrected chi connectivity index (χ4v) is 3.39. The molecule has 140 valence electrons. The number of epoxide rings is 1. The molecule has 1 heterocycles. The fourth-order valence-electron chi connectivity index (χ4n) is 3.39. The molecule has 1 aliphatic carbocycles. The first-order valence-electron chi connectivity index (χ1n) is 9.10. The van der Waals surface area contributed by atoms with Crippen molar-refractivity contribution in [2.45, 2.75) is 83.1 Å². The smallest absolute Gasteiger partial charge is 0.407 e. The van der Waals surface area contributed by atoms with Crippen molar-refractivity contribution in [3.05, 3.63) is 0 Å². The van der Waals surface area contributed by atoms with Crippen LogP contribution in [0.25, 0.3) is 0 Å². The maximum Gasteiger partial charge on any atom is 0.407 e.